The summed E-state index contributed by atoms with van der Waals surface area (Å²) < 4.78 is 40.2. The summed E-state index contributed by atoms with van der Waals surface area (Å²) in [5.41, 5.74) is 5.92. The second-order valence-corrected chi connectivity index (χ2v) is 5.87. The highest BCUT2D eigenvalue weighted by molar-refractivity contribution is 6.30. The molecule has 0 amide bonds. The quantitative estimate of drug-likeness (QED) is 0.886. The minimum absolute atomic E-state index is 0. The first-order valence-corrected chi connectivity index (χ1v) is 7.58. The molecule has 2 N–H and O–H groups in total. The number of ether oxygens (including phenoxy) is 2. The molecule has 1 fully saturated rings. The zero-order valence-electron chi connectivity index (χ0n) is 12.6. The number of nitrogens with two attached hydrogens (primary N) is 1. The van der Waals surface area contributed by atoms with Gasteiger partial charge in [0.05, 0.1) is 24.4 Å². The van der Waals surface area contributed by atoms with Gasteiger partial charge in [0.1, 0.15) is 5.69 Å². The lowest BCUT2D eigenvalue weighted by Crippen LogP contribution is -2.41. The zero-order valence-corrected chi connectivity index (χ0v) is 14.2. The van der Waals surface area contributed by atoms with Gasteiger partial charge in [0.2, 0.25) is 0 Å². The Balaban J connectivity index is 0.00000208. The van der Waals surface area contributed by atoms with Crippen molar-refractivity contribution < 1.29 is 18.3 Å². The number of benzene rings is 1. The molecule has 0 saturated carbocycles. The lowest BCUT2D eigenvalue weighted by molar-refractivity contribution is 0.0219. The van der Waals surface area contributed by atoms with Gasteiger partial charge in [-0.2, -0.15) is 5.10 Å². The van der Waals surface area contributed by atoms with Gasteiger partial charge in [-0.05, 0) is 6.42 Å². The van der Waals surface area contributed by atoms with Gasteiger partial charge < -0.3 is 15.2 Å². The molecule has 3 rings (SSSR count). The Morgan fingerprint density at radius 3 is 2.83 bits per heavy atom. The van der Waals surface area contributed by atoms with Crippen LogP contribution in [0.4, 0.5) is 8.78 Å². The molecule has 9 heteroatoms. The molecule has 24 heavy (non-hydrogen) atoms. The molecule has 0 radical (unpaired) electrons. The third kappa shape index (κ3) is 4.16. The highest BCUT2D eigenvalue weighted by Crippen LogP contribution is 2.25. The van der Waals surface area contributed by atoms with Crippen LogP contribution in [0.1, 0.15) is 6.42 Å². The molecule has 1 aromatic heterocycles. The second-order valence-electron chi connectivity index (χ2n) is 5.44. The maximum atomic E-state index is 14.2. The van der Waals surface area contributed by atoms with Crippen LogP contribution in [0, 0.1) is 17.6 Å². The predicted octanol–water partition coefficient (Wildman–Crippen LogP) is 2.97. The average molecular weight is 380 g/mol. The van der Waals surface area contributed by atoms with Crippen LogP contribution in [-0.4, -0.2) is 35.6 Å². The highest BCUT2D eigenvalue weighted by atomic mass is 35.5. The van der Waals surface area contributed by atoms with E-state index < -0.39 is 11.6 Å². The molecule has 0 aliphatic carbocycles. The first kappa shape index (κ1) is 18.9. The fraction of sp³-hybridized carbons (Fsp3) is 0.400. The topological polar surface area (TPSA) is 62.3 Å². The molecule has 2 aromatic rings. The number of rotatable bonds is 4. The van der Waals surface area contributed by atoms with E-state index in [-0.39, 0.29) is 42.4 Å². The van der Waals surface area contributed by atoms with E-state index in [9.17, 15) is 8.78 Å². The fourth-order valence-electron chi connectivity index (χ4n) is 2.42. The lowest BCUT2D eigenvalue weighted by atomic mass is 9.98. The molecule has 2 atom stereocenters. The van der Waals surface area contributed by atoms with E-state index in [4.69, 9.17) is 26.8 Å². The minimum atomic E-state index is -0.682. The third-order valence-electron chi connectivity index (χ3n) is 3.79. The molecule has 0 unspecified atom stereocenters. The van der Waals surface area contributed by atoms with Gasteiger partial charge >= 0.3 is 0 Å². The van der Waals surface area contributed by atoms with Crippen LogP contribution in [0.15, 0.2) is 24.5 Å². The van der Waals surface area contributed by atoms with E-state index in [2.05, 4.69) is 5.10 Å². The average Bonchev–Trinajstić information content (AvgIpc) is 2.95. The molecule has 1 aromatic carbocycles. The molecule has 132 valence electrons. The number of hydrogen-bond donors (Lipinski definition) is 1. The zero-order chi connectivity index (χ0) is 16.4. The van der Waals surface area contributed by atoms with Gasteiger partial charge in [-0.3, -0.25) is 0 Å². The van der Waals surface area contributed by atoms with Crippen molar-refractivity contribution in [3.63, 3.8) is 0 Å². The SMILES string of the molecule is Cl.N[C@H]1CCOC[C@@H]1COc1cc(F)c(-n2cc(Cl)cn2)cc1F. The summed E-state index contributed by atoms with van der Waals surface area (Å²) in [6.45, 7) is 1.24. The van der Waals surface area contributed by atoms with Gasteiger partial charge in [0.15, 0.2) is 17.4 Å². The van der Waals surface area contributed by atoms with E-state index in [0.29, 0.717) is 18.2 Å². The summed E-state index contributed by atoms with van der Waals surface area (Å²) in [7, 11) is 0. The van der Waals surface area contributed by atoms with Crippen molar-refractivity contribution in [2.24, 2.45) is 11.7 Å². The summed E-state index contributed by atoms with van der Waals surface area (Å²) in [5, 5.41) is 4.18. The Labute approximate surface area is 149 Å². The summed E-state index contributed by atoms with van der Waals surface area (Å²) in [5.74, 6) is -1.55. The van der Waals surface area contributed by atoms with Crippen molar-refractivity contribution in [1.82, 2.24) is 9.78 Å². The molecular formula is C15H17Cl2F2N3O2. The third-order valence-corrected chi connectivity index (χ3v) is 3.98. The van der Waals surface area contributed by atoms with E-state index in [1.165, 1.54) is 12.4 Å². The Morgan fingerprint density at radius 1 is 1.38 bits per heavy atom. The van der Waals surface area contributed by atoms with Crippen molar-refractivity contribution in [3.05, 3.63) is 41.2 Å². The summed E-state index contributed by atoms with van der Waals surface area (Å²) in [6, 6.07) is 1.95. The fourth-order valence-corrected chi connectivity index (χ4v) is 2.55. The maximum absolute atomic E-state index is 14.2. The predicted molar refractivity (Wildman–Crippen MR) is 88.1 cm³/mol. The van der Waals surface area contributed by atoms with Gasteiger partial charge in [-0.1, -0.05) is 11.6 Å². The summed E-state index contributed by atoms with van der Waals surface area (Å²) in [6.07, 6.45) is 3.45. The number of aromatic nitrogens is 2. The maximum Gasteiger partial charge on any atom is 0.167 e. The van der Waals surface area contributed by atoms with Gasteiger partial charge in [-0.25, -0.2) is 13.5 Å². The Hall–Kier alpha value is -1.41. The monoisotopic (exact) mass is 379 g/mol. The van der Waals surface area contributed by atoms with Crippen LogP contribution in [0.5, 0.6) is 5.75 Å². The lowest BCUT2D eigenvalue weighted by Gasteiger charge is -2.28. The molecular weight excluding hydrogens is 363 g/mol. The van der Waals surface area contributed by atoms with Crippen molar-refractivity contribution >= 4 is 24.0 Å². The van der Waals surface area contributed by atoms with Crippen LogP contribution in [0.2, 0.25) is 5.02 Å². The molecule has 1 aliphatic heterocycles. The first-order chi connectivity index (χ1) is 11.0. The van der Waals surface area contributed by atoms with Crippen molar-refractivity contribution in [2.45, 2.75) is 12.5 Å². The van der Waals surface area contributed by atoms with E-state index in [1.807, 2.05) is 0 Å². The Kier molecular flexibility index (Phi) is 6.40. The van der Waals surface area contributed by atoms with Crippen molar-refractivity contribution in [1.29, 1.82) is 0 Å². The van der Waals surface area contributed by atoms with Crippen LogP contribution < -0.4 is 10.5 Å². The van der Waals surface area contributed by atoms with Crippen molar-refractivity contribution in [3.8, 4) is 11.4 Å². The smallest absolute Gasteiger partial charge is 0.167 e. The molecule has 1 saturated heterocycles. The standard InChI is InChI=1S/C15H16ClF2N3O2.ClH/c16-10-5-20-21(6-10)14-3-12(18)15(4-11(14)17)23-8-9-7-22-2-1-13(9)19;/h3-6,9,13H,1-2,7-8,19H2;1H/t9-,13+;/m1./s1. The van der Waals surface area contributed by atoms with Crippen molar-refractivity contribution in [2.75, 3.05) is 19.8 Å². The first-order valence-electron chi connectivity index (χ1n) is 7.20. The van der Waals surface area contributed by atoms with E-state index in [0.717, 1.165) is 23.2 Å². The van der Waals surface area contributed by atoms with Crippen LogP contribution in [0.25, 0.3) is 5.69 Å². The highest BCUT2D eigenvalue weighted by Gasteiger charge is 2.24. The van der Waals surface area contributed by atoms with Crippen LogP contribution in [0.3, 0.4) is 0 Å². The summed E-state index contributed by atoms with van der Waals surface area (Å²) in [4.78, 5) is 0. The number of nitrogens with zero attached hydrogens (tertiary/aromatic N) is 2. The second kappa shape index (κ2) is 8.11. The molecule has 0 spiro atoms. The van der Waals surface area contributed by atoms with Gasteiger partial charge in [0, 0.05) is 36.9 Å². The number of hydrogen-bond acceptors (Lipinski definition) is 4. The van der Waals surface area contributed by atoms with E-state index in [1.54, 1.807) is 0 Å². The summed E-state index contributed by atoms with van der Waals surface area (Å²) >= 11 is 5.74. The molecule has 1 aliphatic rings. The molecule has 5 nitrogen and oxygen atoms in total. The van der Waals surface area contributed by atoms with Gasteiger partial charge in [0.25, 0.3) is 0 Å². The normalized spacial score (nSPS) is 20.5. The Morgan fingerprint density at radius 2 is 2.17 bits per heavy atom. The Bertz CT molecular complexity index is 699. The number of halogens is 4. The minimum Gasteiger partial charge on any atom is -0.490 e. The molecule has 0 bridgehead atoms. The molecule has 2 heterocycles. The van der Waals surface area contributed by atoms with Crippen LogP contribution in [-0.2, 0) is 4.74 Å². The van der Waals surface area contributed by atoms with Crippen LogP contribution >= 0.6 is 24.0 Å². The van der Waals surface area contributed by atoms with Gasteiger partial charge in [-0.15, -0.1) is 12.4 Å². The largest absolute Gasteiger partial charge is 0.490 e. The van der Waals surface area contributed by atoms with E-state index >= 15 is 0 Å².